The quantitative estimate of drug-likeness (QED) is 0.133. The third kappa shape index (κ3) is 8.97. The topological polar surface area (TPSA) is 137 Å². The number of hydrogen-bond acceptors (Lipinski definition) is 10. The molecule has 3 aromatic carbocycles. The van der Waals surface area contributed by atoms with Crippen LogP contribution in [0.15, 0.2) is 72.8 Å². The standard InChI is InChI=1S/C24H20Cl2N2O8P2/c25-21-7-1-3-9-23(21)35-37(29,31-17-5-15-27)33-19-11-13-20(14-12-19)34-38(30,32-18-6-16-28)36-24-10-4-2-8-22(24)26/h1-4,7-14H,5-6,17-18H2. The molecule has 0 saturated heterocycles. The van der Waals surface area contributed by atoms with Gasteiger partial charge in [-0.3, -0.25) is 9.05 Å². The summed E-state index contributed by atoms with van der Waals surface area (Å²) in [5, 5.41) is 17.9. The maximum Gasteiger partial charge on any atom is 0.587 e. The Hall–Kier alpha value is -3.20. The van der Waals surface area contributed by atoms with Gasteiger partial charge in [-0.05, 0) is 48.5 Å². The van der Waals surface area contributed by atoms with Crippen molar-refractivity contribution in [2.24, 2.45) is 0 Å². The molecule has 38 heavy (non-hydrogen) atoms. The number of halogens is 2. The molecule has 0 amide bonds. The van der Waals surface area contributed by atoms with Crippen molar-refractivity contribution < 1.29 is 36.3 Å². The zero-order valence-electron chi connectivity index (χ0n) is 19.6. The predicted octanol–water partition coefficient (Wildman–Crippen LogP) is 7.99. The van der Waals surface area contributed by atoms with E-state index >= 15 is 0 Å². The SMILES string of the molecule is N#CCCOP(=O)(Oc1ccc(OP(=O)(OCCC#N)Oc2ccccc2Cl)cc1)Oc1ccccc1Cl. The molecule has 0 aliphatic carbocycles. The Morgan fingerprint density at radius 3 is 1.32 bits per heavy atom. The van der Waals surface area contributed by atoms with Crippen LogP contribution in [0.2, 0.25) is 10.0 Å². The Kier molecular flexibility index (Phi) is 10.9. The van der Waals surface area contributed by atoms with Gasteiger partial charge in [0.05, 0.1) is 48.2 Å². The summed E-state index contributed by atoms with van der Waals surface area (Å²) in [7, 11) is -8.54. The highest BCUT2D eigenvalue weighted by atomic mass is 35.5. The number of phosphoric acid groups is 2. The van der Waals surface area contributed by atoms with Crippen molar-refractivity contribution in [1.82, 2.24) is 0 Å². The van der Waals surface area contributed by atoms with Crippen molar-refractivity contribution in [3.05, 3.63) is 82.8 Å². The summed E-state index contributed by atoms with van der Waals surface area (Å²) in [5.74, 6) is 0.192. The molecule has 0 spiro atoms. The van der Waals surface area contributed by atoms with Crippen LogP contribution in [0.25, 0.3) is 0 Å². The van der Waals surface area contributed by atoms with E-state index in [2.05, 4.69) is 0 Å². The van der Waals surface area contributed by atoms with Crippen LogP contribution in [-0.4, -0.2) is 13.2 Å². The number of para-hydroxylation sites is 2. The summed E-state index contributed by atoms with van der Waals surface area (Å²) >= 11 is 12.2. The van der Waals surface area contributed by atoms with E-state index in [0.717, 1.165) is 0 Å². The van der Waals surface area contributed by atoms with Gasteiger partial charge in [-0.2, -0.15) is 10.5 Å². The zero-order chi connectivity index (χ0) is 27.4. The van der Waals surface area contributed by atoms with E-state index < -0.39 is 15.6 Å². The monoisotopic (exact) mass is 596 g/mol. The van der Waals surface area contributed by atoms with Crippen molar-refractivity contribution in [3.63, 3.8) is 0 Å². The van der Waals surface area contributed by atoms with Crippen molar-refractivity contribution in [2.45, 2.75) is 12.8 Å². The summed E-state index contributed by atoms with van der Waals surface area (Å²) in [6.07, 6.45) is -0.114. The summed E-state index contributed by atoms with van der Waals surface area (Å²) < 4.78 is 58.9. The van der Waals surface area contributed by atoms with Crippen molar-refractivity contribution in [2.75, 3.05) is 13.2 Å². The molecule has 2 unspecified atom stereocenters. The zero-order valence-corrected chi connectivity index (χ0v) is 22.9. The molecule has 0 aliphatic rings. The fraction of sp³-hybridized carbons (Fsp3) is 0.167. The maximum absolute atomic E-state index is 13.3. The average molecular weight is 597 g/mol. The Labute approximate surface area is 229 Å². The normalized spacial score (nSPS) is 13.7. The van der Waals surface area contributed by atoms with E-state index in [1.54, 1.807) is 24.3 Å². The second kappa shape index (κ2) is 14.1. The average Bonchev–Trinajstić information content (AvgIpc) is 2.88. The molecule has 14 heteroatoms. The molecule has 10 nitrogen and oxygen atoms in total. The van der Waals surface area contributed by atoms with Gasteiger partial charge in [0, 0.05) is 0 Å². The number of nitriles is 2. The summed E-state index contributed by atoms with van der Waals surface area (Å²) in [6, 6.07) is 21.7. The summed E-state index contributed by atoms with van der Waals surface area (Å²) in [6.45, 7) is -0.440. The molecular weight excluding hydrogens is 577 g/mol. The largest absolute Gasteiger partial charge is 0.587 e. The number of benzene rings is 3. The number of rotatable bonds is 14. The molecule has 3 aromatic rings. The van der Waals surface area contributed by atoms with Crippen LogP contribution < -0.4 is 18.1 Å². The fourth-order valence-electron chi connectivity index (χ4n) is 2.65. The molecule has 198 valence electrons. The van der Waals surface area contributed by atoms with E-state index in [4.69, 9.17) is 60.9 Å². The Morgan fingerprint density at radius 1 is 0.605 bits per heavy atom. The van der Waals surface area contributed by atoms with Crippen molar-refractivity contribution in [1.29, 1.82) is 10.5 Å². The van der Waals surface area contributed by atoms with Gasteiger partial charge in [0.25, 0.3) is 0 Å². The first-order valence-corrected chi connectivity index (χ1v) is 14.5. The smallest absolute Gasteiger partial charge is 0.395 e. The predicted molar refractivity (Wildman–Crippen MR) is 139 cm³/mol. The van der Waals surface area contributed by atoms with Crippen LogP contribution in [0, 0.1) is 22.7 Å². The minimum absolute atomic E-state index is 0.0388. The summed E-state index contributed by atoms with van der Waals surface area (Å²) in [4.78, 5) is 0. The van der Waals surface area contributed by atoms with Crippen LogP contribution >= 0.6 is 38.8 Å². The van der Waals surface area contributed by atoms with Gasteiger partial charge in [0.15, 0.2) is 11.5 Å². The van der Waals surface area contributed by atoms with Gasteiger partial charge >= 0.3 is 15.6 Å². The molecular formula is C24H20Cl2N2O8P2. The van der Waals surface area contributed by atoms with Gasteiger partial charge < -0.3 is 18.1 Å². The second-order valence-corrected chi connectivity index (χ2v) is 10.9. The first-order chi connectivity index (χ1) is 18.3. The van der Waals surface area contributed by atoms with Gasteiger partial charge in [0.2, 0.25) is 0 Å². The van der Waals surface area contributed by atoms with Crippen molar-refractivity contribution in [3.8, 4) is 35.1 Å². The third-order valence-corrected chi connectivity index (χ3v) is 7.61. The second-order valence-electron chi connectivity index (χ2n) is 7.07. The molecule has 3 rings (SSSR count). The van der Waals surface area contributed by atoms with Gasteiger partial charge in [-0.1, -0.05) is 47.5 Å². The van der Waals surface area contributed by atoms with Gasteiger partial charge in [0.1, 0.15) is 11.5 Å². The highest BCUT2D eigenvalue weighted by Crippen LogP contribution is 2.53. The lowest BCUT2D eigenvalue weighted by Crippen LogP contribution is -2.07. The summed E-state index contributed by atoms with van der Waals surface area (Å²) in [5.41, 5.74) is 0. The molecule has 0 radical (unpaired) electrons. The first kappa shape index (κ1) is 29.4. The first-order valence-electron chi connectivity index (χ1n) is 10.9. The van der Waals surface area contributed by atoms with E-state index in [0.29, 0.717) is 0 Å². The minimum Gasteiger partial charge on any atom is -0.395 e. The van der Waals surface area contributed by atoms with Crippen LogP contribution in [0.5, 0.6) is 23.0 Å². The van der Waals surface area contributed by atoms with Crippen LogP contribution in [0.1, 0.15) is 12.8 Å². The van der Waals surface area contributed by atoms with E-state index in [1.807, 2.05) is 12.1 Å². The number of nitrogens with zero attached hydrogens (tertiary/aromatic N) is 2. The lowest BCUT2D eigenvalue weighted by molar-refractivity contribution is 0.211. The number of hydrogen-bond donors (Lipinski definition) is 0. The molecule has 0 aromatic heterocycles. The molecule has 0 heterocycles. The molecule has 0 aliphatic heterocycles. The highest BCUT2D eigenvalue weighted by Gasteiger charge is 2.33. The fourth-order valence-corrected chi connectivity index (χ4v) is 5.58. The Bertz CT molecular complexity index is 1300. The van der Waals surface area contributed by atoms with E-state index in [9.17, 15) is 9.13 Å². The maximum atomic E-state index is 13.3. The molecule has 0 fully saturated rings. The van der Waals surface area contributed by atoms with Gasteiger partial charge in [-0.15, -0.1) is 0 Å². The van der Waals surface area contributed by atoms with E-state index in [-0.39, 0.29) is 59.1 Å². The molecule has 2 atom stereocenters. The third-order valence-electron chi connectivity index (χ3n) is 4.28. The highest BCUT2D eigenvalue weighted by molar-refractivity contribution is 7.49. The van der Waals surface area contributed by atoms with Crippen LogP contribution in [0.3, 0.4) is 0 Å². The van der Waals surface area contributed by atoms with Crippen LogP contribution in [-0.2, 0) is 18.2 Å². The van der Waals surface area contributed by atoms with Gasteiger partial charge in [-0.25, -0.2) is 9.13 Å². The lowest BCUT2D eigenvalue weighted by Gasteiger charge is -2.20. The molecule has 0 bridgehead atoms. The number of phosphoric ester groups is 2. The lowest BCUT2D eigenvalue weighted by atomic mass is 10.3. The van der Waals surface area contributed by atoms with E-state index in [1.165, 1.54) is 48.5 Å². The molecule has 0 N–H and O–H groups in total. The Balaban J connectivity index is 1.77. The van der Waals surface area contributed by atoms with Crippen molar-refractivity contribution >= 4 is 38.8 Å². The minimum atomic E-state index is -4.27. The van der Waals surface area contributed by atoms with Crippen LogP contribution in [0.4, 0.5) is 0 Å². The molecule has 0 saturated carbocycles. The Morgan fingerprint density at radius 2 is 0.974 bits per heavy atom.